The first kappa shape index (κ1) is 10.5. The highest BCUT2D eigenvalue weighted by atomic mass is 79.9. The summed E-state index contributed by atoms with van der Waals surface area (Å²) in [6.45, 7) is 0. The van der Waals surface area contributed by atoms with E-state index < -0.39 is 5.97 Å². The molecule has 0 aromatic heterocycles. The molecule has 0 aliphatic carbocycles. The fourth-order valence-electron chi connectivity index (χ4n) is 0.943. The van der Waals surface area contributed by atoms with E-state index in [4.69, 9.17) is 10.8 Å². The smallest absolute Gasteiger partial charge is 0.307 e. The Bertz CT molecular complexity index is 329. The van der Waals surface area contributed by atoms with Crippen molar-refractivity contribution in [2.45, 2.75) is 6.42 Å². The van der Waals surface area contributed by atoms with Crippen LogP contribution in [0.5, 0.6) is 0 Å². The van der Waals surface area contributed by atoms with E-state index in [2.05, 4.69) is 31.9 Å². The van der Waals surface area contributed by atoms with Crippen LogP contribution in [-0.4, -0.2) is 11.1 Å². The number of anilines is 1. The van der Waals surface area contributed by atoms with Crippen LogP contribution in [0.3, 0.4) is 0 Å². The van der Waals surface area contributed by atoms with Crippen LogP contribution in [0.4, 0.5) is 5.69 Å². The number of benzene rings is 1. The summed E-state index contributed by atoms with van der Waals surface area (Å²) in [5.74, 6) is -0.869. The Labute approximate surface area is 92.2 Å². The van der Waals surface area contributed by atoms with Gasteiger partial charge in [-0.3, -0.25) is 4.79 Å². The largest absolute Gasteiger partial charge is 0.481 e. The van der Waals surface area contributed by atoms with Gasteiger partial charge in [0.1, 0.15) is 0 Å². The van der Waals surface area contributed by atoms with Gasteiger partial charge in [0.25, 0.3) is 0 Å². The number of halogens is 2. The van der Waals surface area contributed by atoms with Gasteiger partial charge in [-0.2, -0.15) is 0 Å². The van der Waals surface area contributed by atoms with E-state index in [0.29, 0.717) is 20.2 Å². The van der Waals surface area contributed by atoms with E-state index in [1.807, 2.05) is 0 Å². The average molecular weight is 309 g/mol. The Hall–Kier alpha value is -0.550. The quantitative estimate of drug-likeness (QED) is 0.825. The van der Waals surface area contributed by atoms with Crippen LogP contribution in [0.25, 0.3) is 0 Å². The second-order valence-electron chi connectivity index (χ2n) is 2.53. The first-order valence-corrected chi connectivity index (χ1v) is 5.04. The fraction of sp³-hybridized carbons (Fsp3) is 0.125. The van der Waals surface area contributed by atoms with Crippen LogP contribution >= 0.6 is 31.9 Å². The van der Waals surface area contributed by atoms with Crippen molar-refractivity contribution >= 4 is 43.5 Å². The maximum atomic E-state index is 10.5. The summed E-state index contributed by atoms with van der Waals surface area (Å²) in [5.41, 5.74) is 6.84. The molecule has 0 spiro atoms. The Kier molecular flexibility index (Phi) is 3.33. The summed E-state index contributed by atoms with van der Waals surface area (Å²) >= 11 is 6.51. The lowest BCUT2D eigenvalue weighted by Crippen LogP contribution is -2.02. The number of carboxylic acids is 1. The number of nitrogen functional groups attached to an aromatic ring is 1. The molecule has 3 nitrogen and oxygen atoms in total. The first-order chi connectivity index (χ1) is 6.00. The molecule has 0 saturated carbocycles. The van der Waals surface area contributed by atoms with Gasteiger partial charge in [-0.25, -0.2) is 0 Å². The zero-order valence-corrected chi connectivity index (χ0v) is 9.72. The number of aliphatic carboxylic acids is 1. The molecule has 1 aromatic carbocycles. The van der Waals surface area contributed by atoms with E-state index in [-0.39, 0.29) is 6.42 Å². The lowest BCUT2D eigenvalue weighted by atomic mass is 10.1. The molecule has 0 heterocycles. The first-order valence-electron chi connectivity index (χ1n) is 3.46. The minimum absolute atomic E-state index is 0.0263. The van der Waals surface area contributed by atoms with Gasteiger partial charge in [0.2, 0.25) is 0 Å². The van der Waals surface area contributed by atoms with Crippen LogP contribution in [0.15, 0.2) is 21.1 Å². The van der Waals surface area contributed by atoms with Crippen molar-refractivity contribution in [3.05, 3.63) is 26.6 Å². The molecule has 0 aliphatic rings. The molecule has 0 fully saturated rings. The van der Waals surface area contributed by atoms with Crippen molar-refractivity contribution < 1.29 is 9.90 Å². The van der Waals surface area contributed by atoms with Crippen LogP contribution in [-0.2, 0) is 11.2 Å². The topological polar surface area (TPSA) is 63.3 Å². The Morgan fingerprint density at radius 3 is 2.23 bits per heavy atom. The lowest BCUT2D eigenvalue weighted by Gasteiger charge is -2.05. The van der Waals surface area contributed by atoms with E-state index in [1.165, 1.54) is 0 Å². The van der Waals surface area contributed by atoms with Gasteiger partial charge in [-0.1, -0.05) is 31.9 Å². The van der Waals surface area contributed by atoms with E-state index in [9.17, 15) is 4.79 Å². The molecule has 0 amide bonds. The van der Waals surface area contributed by atoms with E-state index >= 15 is 0 Å². The zero-order valence-electron chi connectivity index (χ0n) is 6.55. The Morgan fingerprint density at radius 2 is 1.85 bits per heavy atom. The molecule has 5 heteroatoms. The monoisotopic (exact) mass is 307 g/mol. The maximum Gasteiger partial charge on any atom is 0.307 e. The molecule has 0 saturated heterocycles. The molecule has 0 radical (unpaired) electrons. The standard InChI is InChI=1S/C8H7Br2NO2/c9-6-1-4(11)2-7(10)5(6)3-8(12)13/h1-2H,3,11H2,(H,12,13). The summed E-state index contributed by atoms with van der Waals surface area (Å²) in [7, 11) is 0. The molecule has 0 bridgehead atoms. The van der Waals surface area contributed by atoms with Crippen LogP contribution < -0.4 is 5.73 Å². The SMILES string of the molecule is Nc1cc(Br)c(CC(=O)O)c(Br)c1. The molecule has 13 heavy (non-hydrogen) atoms. The second-order valence-corrected chi connectivity index (χ2v) is 4.24. The minimum atomic E-state index is -0.869. The van der Waals surface area contributed by atoms with Gasteiger partial charge < -0.3 is 10.8 Å². The van der Waals surface area contributed by atoms with Gasteiger partial charge in [-0.15, -0.1) is 0 Å². The Balaban J connectivity index is 3.13. The number of carbonyl (C=O) groups is 1. The second kappa shape index (κ2) is 4.11. The predicted octanol–water partition coefficient (Wildman–Crippen LogP) is 2.42. The van der Waals surface area contributed by atoms with Gasteiger partial charge >= 0.3 is 5.97 Å². The normalized spacial score (nSPS) is 10.0. The zero-order chi connectivity index (χ0) is 10.0. The third-order valence-corrected chi connectivity index (χ3v) is 2.91. The molecule has 0 aliphatic heterocycles. The third kappa shape index (κ3) is 2.70. The van der Waals surface area contributed by atoms with Gasteiger partial charge in [0, 0.05) is 14.6 Å². The van der Waals surface area contributed by atoms with E-state index in [1.54, 1.807) is 12.1 Å². The van der Waals surface area contributed by atoms with Crippen LogP contribution in [0.1, 0.15) is 5.56 Å². The van der Waals surface area contributed by atoms with Crippen molar-refractivity contribution in [1.29, 1.82) is 0 Å². The maximum absolute atomic E-state index is 10.5. The third-order valence-electron chi connectivity index (χ3n) is 1.49. The minimum Gasteiger partial charge on any atom is -0.481 e. The highest BCUT2D eigenvalue weighted by Crippen LogP contribution is 2.28. The van der Waals surface area contributed by atoms with Crippen molar-refractivity contribution in [3.63, 3.8) is 0 Å². The summed E-state index contributed by atoms with van der Waals surface area (Å²) in [5, 5.41) is 8.61. The molecule has 70 valence electrons. The summed E-state index contributed by atoms with van der Waals surface area (Å²) in [6, 6.07) is 3.37. The molecule has 1 aromatic rings. The predicted molar refractivity (Wildman–Crippen MR) is 57.6 cm³/mol. The van der Waals surface area contributed by atoms with Gasteiger partial charge in [0.05, 0.1) is 6.42 Å². The summed E-state index contributed by atoms with van der Waals surface area (Å²) in [6.07, 6.45) is -0.0263. The highest BCUT2D eigenvalue weighted by Gasteiger charge is 2.09. The fourth-order valence-corrected chi connectivity index (χ4v) is 2.44. The molecule has 1 rings (SSSR count). The molecule has 0 unspecified atom stereocenters. The van der Waals surface area contributed by atoms with Crippen molar-refractivity contribution in [1.82, 2.24) is 0 Å². The highest BCUT2D eigenvalue weighted by molar-refractivity contribution is 9.11. The molecular formula is C8H7Br2NO2. The molecule has 3 N–H and O–H groups in total. The number of carboxylic acid groups (broad SMARTS) is 1. The molecule has 0 atom stereocenters. The number of hydrogen-bond acceptors (Lipinski definition) is 2. The summed E-state index contributed by atoms with van der Waals surface area (Å²) in [4.78, 5) is 10.5. The van der Waals surface area contributed by atoms with Gasteiger partial charge in [-0.05, 0) is 17.7 Å². The van der Waals surface area contributed by atoms with E-state index in [0.717, 1.165) is 0 Å². The van der Waals surface area contributed by atoms with Crippen LogP contribution in [0.2, 0.25) is 0 Å². The van der Waals surface area contributed by atoms with Crippen LogP contribution in [0, 0.1) is 0 Å². The van der Waals surface area contributed by atoms with Crippen molar-refractivity contribution in [2.75, 3.05) is 5.73 Å². The van der Waals surface area contributed by atoms with Crippen molar-refractivity contribution in [3.8, 4) is 0 Å². The Morgan fingerprint density at radius 1 is 1.38 bits per heavy atom. The number of hydrogen-bond donors (Lipinski definition) is 2. The van der Waals surface area contributed by atoms with Crippen molar-refractivity contribution in [2.24, 2.45) is 0 Å². The molecular weight excluding hydrogens is 302 g/mol. The summed E-state index contributed by atoms with van der Waals surface area (Å²) < 4.78 is 1.42. The van der Waals surface area contributed by atoms with Gasteiger partial charge in [0.15, 0.2) is 0 Å². The number of nitrogens with two attached hydrogens (primary N) is 1. The average Bonchev–Trinajstić information content (AvgIpc) is 1.96. The number of rotatable bonds is 2. The lowest BCUT2D eigenvalue weighted by molar-refractivity contribution is -0.136.